The molecule has 0 saturated carbocycles. The van der Waals surface area contributed by atoms with E-state index in [2.05, 4.69) is 53.9 Å². The molecule has 0 bridgehead atoms. The predicted octanol–water partition coefficient (Wildman–Crippen LogP) is 3.55. The molecule has 0 radical (unpaired) electrons. The third-order valence-electron chi connectivity index (χ3n) is 6.34. The Labute approximate surface area is 215 Å². The number of piperidine rings is 1. The minimum absolute atomic E-state index is 0.128. The highest BCUT2D eigenvalue weighted by molar-refractivity contribution is 7.82. The van der Waals surface area contributed by atoms with E-state index >= 15 is 0 Å². The van der Waals surface area contributed by atoms with Crippen LogP contribution in [0.4, 0.5) is 11.4 Å². The molecule has 1 aliphatic rings. The molecule has 5 N–H and O–H groups in total. The maximum absolute atomic E-state index is 12.6. The zero-order valence-corrected chi connectivity index (χ0v) is 22.8. The molecule has 1 unspecified atom stereocenters. The van der Waals surface area contributed by atoms with Gasteiger partial charge in [0.1, 0.15) is 5.75 Å². The number of carbonyl (C=O) groups is 2. The summed E-state index contributed by atoms with van der Waals surface area (Å²) in [5, 5.41) is 6.39. The fourth-order valence-electron chi connectivity index (χ4n) is 4.75. The van der Waals surface area contributed by atoms with E-state index in [-0.39, 0.29) is 17.1 Å². The molecule has 0 spiro atoms. The second-order valence-electron chi connectivity index (χ2n) is 10.6. The number of benzene rings is 2. The molecule has 2 aromatic carbocycles. The molecule has 2 amide bonds. The number of amides is 2. The van der Waals surface area contributed by atoms with E-state index in [1.54, 1.807) is 30.3 Å². The van der Waals surface area contributed by atoms with Gasteiger partial charge in [-0.05, 0) is 96.2 Å². The van der Waals surface area contributed by atoms with Crippen molar-refractivity contribution in [3.8, 4) is 5.75 Å². The van der Waals surface area contributed by atoms with Crippen molar-refractivity contribution in [2.45, 2.75) is 78.4 Å². The van der Waals surface area contributed by atoms with Gasteiger partial charge < -0.3 is 14.8 Å². The first kappa shape index (κ1) is 27.5. The largest absolute Gasteiger partial charge is 0.385 e. The first-order valence-electron chi connectivity index (χ1n) is 12.0. The van der Waals surface area contributed by atoms with E-state index in [1.807, 2.05) is 26.8 Å². The van der Waals surface area contributed by atoms with Crippen LogP contribution >= 0.6 is 0 Å². The standard InChI is InChI=1S/C26H37N5O4S/c1-16-12-13-22(18(3)17(16)2)35-36(34)30-21-11-9-8-10-20(21)28-29-24(33)23(32)27-19-14-25(4,5)31-26(6,7)15-19/h8-13,19,28,30-31H,14-15H2,1-7H3,(H,27,32)(H,29,33). The SMILES string of the molecule is Cc1ccc(OS(=O)Nc2ccccc2NNC(=O)C(=O)NC2CC(C)(C)NC(C)(C)C2)c(C)c1C. The summed E-state index contributed by atoms with van der Waals surface area (Å²) in [7, 11) is 0. The predicted molar refractivity (Wildman–Crippen MR) is 144 cm³/mol. The smallest absolute Gasteiger partial charge is 0.327 e. The summed E-state index contributed by atoms with van der Waals surface area (Å²) in [6, 6.07) is 10.4. The molecule has 2 aromatic rings. The van der Waals surface area contributed by atoms with E-state index in [0.29, 0.717) is 30.0 Å². The highest BCUT2D eigenvalue weighted by Crippen LogP contribution is 2.29. The molecule has 196 valence electrons. The maximum Gasteiger partial charge on any atom is 0.327 e. The Morgan fingerprint density at radius 1 is 0.917 bits per heavy atom. The summed E-state index contributed by atoms with van der Waals surface area (Å²) in [4.78, 5) is 25.0. The van der Waals surface area contributed by atoms with Crippen LogP contribution in [0.2, 0.25) is 0 Å². The van der Waals surface area contributed by atoms with Crippen LogP contribution in [0.25, 0.3) is 0 Å². The second-order valence-corrected chi connectivity index (χ2v) is 11.5. The van der Waals surface area contributed by atoms with Crippen molar-refractivity contribution in [1.29, 1.82) is 0 Å². The number of anilines is 2. The van der Waals surface area contributed by atoms with Crippen LogP contribution in [0.15, 0.2) is 36.4 Å². The first-order valence-corrected chi connectivity index (χ1v) is 13.0. The van der Waals surface area contributed by atoms with E-state index in [0.717, 1.165) is 16.7 Å². The van der Waals surface area contributed by atoms with Crippen molar-refractivity contribution in [2.24, 2.45) is 0 Å². The van der Waals surface area contributed by atoms with E-state index in [9.17, 15) is 13.8 Å². The van der Waals surface area contributed by atoms with Crippen LogP contribution in [0.1, 0.15) is 57.2 Å². The molecule has 36 heavy (non-hydrogen) atoms. The lowest BCUT2D eigenvalue weighted by Gasteiger charge is -2.46. The molecular formula is C26H37N5O4S. The van der Waals surface area contributed by atoms with Gasteiger partial charge in [0.25, 0.3) is 0 Å². The number of hydrogen-bond donors (Lipinski definition) is 5. The number of hydrazine groups is 1. The Hall–Kier alpha value is -3.11. The molecule has 1 atom stereocenters. The maximum atomic E-state index is 12.6. The van der Waals surface area contributed by atoms with Crippen molar-refractivity contribution in [1.82, 2.24) is 16.1 Å². The highest BCUT2D eigenvalue weighted by Gasteiger charge is 2.38. The normalized spacial score (nSPS) is 17.5. The van der Waals surface area contributed by atoms with Gasteiger partial charge in [0, 0.05) is 17.1 Å². The lowest BCUT2D eigenvalue weighted by Crippen LogP contribution is -2.63. The van der Waals surface area contributed by atoms with Crippen LogP contribution in [-0.2, 0) is 20.9 Å². The van der Waals surface area contributed by atoms with Crippen molar-refractivity contribution in [3.05, 3.63) is 53.1 Å². The number of nitrogens with one attached hydrogen (secondary N) is 5. The van der Waals surface area contributed by atoms with Gasteiger partial charge in [-0.3, -0.25) is 25.2 Å². The lowest BCUT2D eigenvalue weighted by molar-refractivity contribution is -0.139. The highest BCUT2D eigenvalue weighted by atomic mass is 32.2. The number of para-hydroxylation sites is 2. The van der Waals surface area contributed by atoms with Crippen LogP contribution < -0.4 is 30.4 Å². The van der Waals surface area contributed by atoms with Gasteiger partial charge in [0.15, 0.2) is 0 Å². The average Bonchev–Trinajstić information content (AvgIpc) is 2.76. The Morgan fingerprint density at radius 3 is 2.17 bits per heavy atom. The Balaban J connectivity index is 1.58. The van der Waals surface area contributed by atoms with Gasteiger partial charge >= 0.3 is 23.1 Å². The molecule has 1 heterocycles. The monoisotopic (exact) mass is 515 g/mol. The van der Waals surface area contributed by atoms with Crippen LogP contribution in [-0.4, -0.2) is 33.1 Å². The molecule has 1 saturated heterocycles. The molecule has 0 aliphatic carbocycles. The molecule has 1 aliphatic heterocycles. The summed E-state index contributed by atoms with van der Waals surface area (Å²) >= 11 is -1.89. The van der Waals surface area contributed by atoms with Gasteiger partial charge in [-0.1, -0.05) is 18.2 Å². The van der Waals surface area contributed by atoms with Crippen LogP contribution in [0, 0.1) is 20.8 Å². The topological polar surface area (TPSA) is 121 Å². The third-order valence-corrected chi connectivity index (χ3v) is 7.05. The lowest BCUT2D eigenvalue weighted by atomic mass is 9.79. The number of hydrogen-bond acceptors (Lipinski definition) is 6. The summed E-state index contributed by atoms with van der Waals surface area (Å²) in [6.45, 7) is 14.2. The van der Waals surface area contributed by atoms with Gasteiger partial charge in [-0.2, -0.15) is 4.21 Å². The van der Waals surface area contributed by atoms with Crippen molar-refractivity contribution < 1.29 is 18.0 Å². The first-order chi connectivity index (χ1) is 16.8. The fraction of sp³-hybridized carbons (Fsp3) is 0.462. The molecule has 9 nitrogen and oxygen atoms in total. The Bertz CT molecular complexity index is 1150. The zero-order valence-electron chi connectivity index (χ0n) is 22.0. The van der Waals surface area contributed by atoms with Gasteiger partial charge in [0.05, 0.1) is 11.4 Å². The summed E-state index contributed by atoms with van der Waals surface area (Å²) in [6.07, 6.45) is 1.42. The quantitative estimate of drug-likeness (QED) is 0.284. The Kier molecular flexibility index (Phi) is 8.30. The van der Waals surface area contributed by atoms with Gasteiger partial charge in [0.2, 0.25) is 0 Å². The van der Waals surface area contributed by atoms with Crippen molar-refractivity contribution in [3.63, 3.8) is 0 Å². The second kappa shape index (κ2) is 10.9. The van der Waals surface area contributed by atoms with E-state index in [1.165, 1.54) is 0 Å². The molecule has 10 heteroatoms. The van der Waals surface area contributed by atoms with Crippen LogP contribution in [0.5, 0.6) is 5.75 Å². The van der Waals surface area contributed by atoms with Gasteiger partial charge in [-0.25, -0.2) is 0 Å². The number of rotatable bonds is 7. The number of carbonyl (C=O) groups excluding carboxylic acids is 2. The van der Waals surface area contributed by atoms with Crippen LogP contribution in [0.3, 0.4) is 0 Å². The third kappa shape index (κ3) is 7.20. The minimum Gasteiger partial charge on any atom is -0.385 e. The summed E-state index contributed by atoms with van der Waals surface area (Å²) in [5.41, 5.74) is 8.80. The number of aryl methyl sites for hydroxylation is 1. The van der Waals surface area contributed by atoms with Crippen molar-refractivity contribution in [2.75, 3.05) is 10.1 Å². The molecule has 1 fully saturated rings. The summed E-state index contributed by atoms with van der Waals surface area (Å²) < 4.78 is 21.0. The summed E-state index contributed by atoms with van der Waals surface area (Å²) in [5.74, 6) is -1.02. The molecule has 0 aromatic heterocycles. The molecule has 3 rings (SSSR count). The molecular weight excluding hydrogens is 478 g/mol. The fourth-order valence-corrected chi connectivity index (χ4v) is 5.49. The van der Waals surface area contributed by atoms with E-state index < -0.39 is 23.1 Å². The minimum atomic E-state index is -1.89. The zero-order chi connectivity index (χ0) is 26.7. The average molecular weight is 516 g/mol. The van der Waals surface area contributed by atoms with E-state index in [4.69, 9.17) is 4.18 Å². The van der Waals surface area contributed by atoms with Crippen molar-refractivity contribution >= 4 is 34.5 Å². The Morgan fingerprint density at radius 2 is 1.53 bits per heavy atom. The van der Waals surface area contributed by atoms with Gasteiger partial charge in [-0.15, -0.1) is 0 Å².